The number of nitrogens with one attached hydrogen (secondary N) is 1. The van der Waals surface area contributed by atoms with E-state index in [0.29, 0.717) is 0 Å². The van der Waals surface area contributed by atoms with Crippen molar-refractivity contribution in [2.24, 2.45) is 0 Å². The molecule has 5 heteroatoms. The molecule has 13 heavy (non-hydrogen) atoms. The summed E-state index contributed by atoms with van der Waals surface area (Å²) in [6.07, 6.45) is 2.79. The molecule has 1 rings (SSSR count). The molecule has 0 bridgehead atoms. The Morgan fingerprint density at radius 3 is 2.38 bits per heavy atom. The number of sulfonamides is 1. The average Bonchev–Trinajstić information content (AvgIpc) is 1.99. The molecule has 74 valence electrons. The van der Waals surface area contributed by atoms with Gasteiger partial charge in [-0.05, 0) is 33.1 Å². The number of hydrogen-bond donors (Lipinski definition) is 1. The molecule has 0 heterocycles. The van der Waals surface area contributed by atoms with Crippen LogP contribution in [0.3, 0.4) is 0 Å². The van der Waals surface area contributed by atoms with Gasteiger partial charge in [0.05, 0.1) is 6.07 Å². The summed E-state index contributed by atoms with van der Waals surface area (Å²) in [6, 6.07) is 1.73. The van der Waals surface area contributed by atoms with E-state index < -0.39 is 15.3 Å². The van der Waals surface area contributed by atoms with Crippen molar-refractivity contribution >= 4 is 10.0 Å². The lowest BCUT2D eigenvalue weighted by molar-refractivity contribution is 0.247. The SMILES string of the molecule is CC(C#N)S(=O)(=O)NC1(C)CCC1. The van der Waals surface area contributed by atoms with E-state index in [1.165, 1.54) is 6.92 Å². The van der Waals surface area contributed by atoms with Crippen molar-refractivity contribution in [2.45, 2.75) is 43.9 Å². The second kappa shape index (κ2) is 3.28. The molecule has 1 aliphatic rings. The third-order valence-electron chi connectivity index (χ3n) is 2.49. The van der Waals surface area contributed by atoms with Crippen LogP contribution < -0.4 is 4.72 Å². The smallest absolute Gasteiger partial charge is 0.211 e. The third-order valence-corrected chi connectivity index (χ3v) is 4.31. The first-order valence-electron chi connectivity index (χ1n) is 4.32. The monoisotopic (exact) mass is 202 g/mol. The zero-order chi connectivity index (χ0) is 10.1. The van der Waals surface area contributed by atoms with Crippen LogP contribution in [0.1, 0.15) is 33.1 Å². The normalized spacial score (nSPS) is 22.8. The fourth-order valence-electron chi connectivity index (χ4n) is 1.31. The molecule has 0 saturated heterocycles. The Kier molecular flexibility index (Phi) is 2.64. The van der Waals surface area contributed by atoms with Crippen molar-refractivity contribution in [2.75, 3.05) is 0 Å². The highest BCUT2D eigenvalue weighted by molar-refractivity contribution is 7.90. The number of nitriles is 1. The predicted molar refractivity (Wildman–Crippen MR) is 49.4 cm³/mol. The maximum atomic E-state index is 11.4. The number of rotatable bonds is 3. The minimum atomic E-state index is -3.44. The first-order chi connectivity index (χ1) is 5.90. The first-order valence-corrected chi connectivity index (χ1v) is 5.87. The van der Waals surface area contributed by atoms with Crippen LogP contribution in [0.25, 0.3) is 0 Å². The third kappa shape index (κ3) is 2.20. The number of nitrogens with zero attached hydrogens (tertiary/aromatic N) is 1. The molecule has 1 N–H and O–H groups in total. The minimum Gasteiger partial charge on any atom is -0.211 e. The Hall–Kier alpha value is -0.600. The minimum absolute atomic E-state index is 0.302. The molecule has 1 atom stereocenters. The van der Waals surface area contributed by atoms with E-state index in [1.54, 1.807) is 6.07 Å². The molecule has 0 aliphatic heterocycles. The summed E-state index contributed by atoms with van der Waals surface area (Å²) in [5.41, 5.74) is -0.302. The van der Waals surface area contributed by atoms with Crippen molar-refractivity contribution in [1.29, 1.82) is 5.26 Å². The average molecular weight is 202 g/mol. The Bertz CT molecular complexity index is 325. The zero-order valence-corrected chi connectivity index (χ0v) is 8.69. The van der Waals surface area contributed by atoms with Gasteiger partial charge in [-0.3, -0.25) is 0 Å². The second-order valence-electron chi connectivity index (χ2n) is 3.83. The van der Waals surface area contributed by atoms with Crippen LogP contribution in [0.2, 0.25) is 0 Å². The van der Waals surface area contributed by atoms with Crippen molar-refractivity contribution in [3.8, 4) is 6.07 Å². The topological polar surface area (TPSA) is 70.0 Å². The van der Waals surface area contributed by atoms with Crippen LogP contribution in [0.15, 0.2) is 0 Å². The quantitative estimate of drug-likeness (QED) is 0.734. The van der Waals surface area contributed by atoms with Crippen molar-refractivity contribution in [1.82, 2.24) is 4.72 Å². The fraction of sp³-hybridized carbons (Fsp3) is 0.875. The van der Waals surface area contributed by atoms with Gasteiger partial charge in [-0.25, -0.2) is 13.1 Å². The molecule has 0 aromatic heterocycles. The molecular formula is C8H14N2O2S. The maximum Gasteiger partial charge on any atom is 0.228 e. The molecule has 0 amide bonds. The van der Waals surface area contributed by atoms with Crippen LogP contribution in [0, 0.1) is 11.3 Å². The lowest BCUT2D eigenvalue weighted by Crippen LogP contribution is -2.52. The van der Waals surface area contributed by atoms with Gasteiger partial charge < -0.3 is 0 Å². The maximum absolute atomic E-state index is 11.4. The Morgan fingerprint density at radius 2 is 2.08 bits per heavy atom. The molecule has 4 nitrogen and oxygen atoms in total. The zero-order valence-electron chi connectivity index (χ0n) is 7.87. The summed E-state index contributed by atoms with van der Waals surface area (Å²) in [6.45, 7) is 3.27. The highest BCUT2D eigenvalue weighted by atomic mass is 32.2. The summed E-state index contributed by atoms with van der Waals surface area (Å²) in [5.74, 6) is 0. The molecule has 1 unspecified atom stereocenters. The van der Waals surface area contributed by atoms with Gasteiger partial charge >= 0.3 is 0 Å². The lowest BCUT2D eigenvalue weighted by atomic mass is 9.80. The highest BCUT2D eigenvalue weighted by Crippen LogP contribution is 2.31. The molecule has 1 aliphatic carbocycles. The van der Waals surface area contributed by atoms with Gasteiger partial charge in [0, 0.05) is 5.54 Å². The van der Waals surface area contributed by atoms with E-state index in [0.717, 1.165) is 19.3 Å². The van der Waals surface area contributed by atoms with Crippen LogP contribution >= 0.6 is 0 Å². The molecule has 0 spiro atoms. The van der Waals surface area contributed by atoms with Crippen molar-refractivity contribution < 1.29 is 8.42 Å². The van der Waals surface area contributed by atoms with E-state index in [4.69, 9.17) is 5.26 Å². The molecule has 1 fully saturated rings. The fourth-order valence-corrected chi connectivity index (χ4v) is 2.52. The Labute approximate surface area is 79.0 Å². The van der Waals surface area contributed by atoms with Gasteiger partial charge in [0.15, 0.2) is 5.25 Å². The van der Waals surface area contributed by atoms with Crippen molar-refractivity contribution in [3.63, 3.8) is 0 Å². The second-order valence-corrected chi connectivity index (χ2v) is 5.83. The highest BCUT2D eigenvalue weighted by Gasteiger charge is 2.37. The predicted octanol–water partition coefficient (Wildman–Crippen LogP) is 0.760. The van der Waals surface area contributed by atoms with Crippen molar-refractivity contribution in [3.05, 3.63) is 0 Å². The summed E-state index contributed by atoms with van der Waals surface area (Å²) >= 11 is 0. The standard InChI is InChI=1S/C8H14N2O2S/c1-7(6-9)13(11,12)10-8(2)4-3-5-8/h7,10H,3-5H2,1-2H3. The van der Waals surface area contributed by atoms with Crippen LogP contribution in [0.5, 0.6) is 0 Å². The molecule has 1 saturated carbocycles. The summed E-state index contributed by atoms with van der Waals surface area (Å²) in [4.78, 5) is 0. The van der Waals surface area contributed by atoms with E-state index in [2.05, 4.69) is 4.72 Å². The largest absolute Gasteiger partial charge is 0.228 e. The van der Waals surface area contributed by atoms with Gasteiger partial charge in [-0.15, -0.1) is 0 Å². The van der Waals surface area contributed by atoms with Crippen LogP contribution in [0.4, 0.5) is 0 Å². The molecular weight excluding hydrogens is 188 g/mol. The van der Waals surface area contributed by atoms with Gasteiger partial charge in [-0.1, -0.05) is 0 Å². The first kappa shape index (κ1) is 10.5. The van der Waals surface area contributed by atoms with Crippen LogP contribution in [-0.4, -0.2) is 19.2 Å². The van der Waals surface area contributed by atoms with E-state index >= 15 is 0 Å². The number of hydrogen-bond acceptors (Lipinski definition) is 3. The summed E-state index contributed by atoms with van der Waals surface area (Å²) < 4.78 is 25.4. The van der Waals surface area contributed by atoms with Gasteiger partial charge in [0.2, 0.25) is 10.0 Å². The lowest BCUT2D eigenvalue weighted by Gasteiger charge is -2.38. The molecule has 0 aromatic rings. The Balaban J connectivity index is 2.68. The van der Waals surface area contributed by atoms with Gasteiger partial charge in [0.1, 0.15) is 0 Å². The Morgan fingerprint density at radius 1 is 1.54 bits per heavy atom. The van der Waals surface area contributed by atoms with Gasteiger partial charge in [0.25, 0.3) is 0 Å². The van der Waals surface area contributed by atoms with E-state index in [-0.39, 0.29) is 5.54 Å². The van der Waals surface area contributed by atoms with E-state index in [9.17, 15) is 8.42 Å². The summed E-state index contributed by atoms with van der Waals surface area (Å²) in [7, 11) is -3.44. The molecule has 0 radical (unpaired) electrons. The van der Waals surface area contributed by atoms with Crippen LogP contribution in [-0.2, 0) is 10.0 Å². The van der Waals surface area contributed by atoms with E-state index in [1.807, 2.05) is 6.92 Å². The van der Waals surface area contributed by atoms with Gasteiger partial charge in [-0.2, -0.15) is 5.26 Å². The molecule has 0 aromatic carbocycles. The summed E-state index contributed by atoms with van der Waals surface area (Å²) in [5, 5.41) is 7.52.